The van der Waals surface area contributed by atoms with Crippen LogP contribution in [0, 0.1) is 5.82 Å². The van der Waals surface area contributed by atoms with E-state index >= 15 is 0 Å². The molecule has 1 aromatic carbocycles. The van der Waals surface area contributed by atoms with Gasteiger partial charge in [-0.2, -0.15) is 0 Å². The number of rotatable bonds is 5. The highest BCUT2D eigenvalue weighted by Crippen LogP contribution is 2.23. The van der Waals surface area contributed by atoms with Gasteiger partial charge in [-0.1, -0.05) is 23.4 Å². The summed E-state index contributed by atoms with van der Waals surface area (Å²) in [6, 6.07) is 6.30. The molecule has 2 N–H and O–H groups in total. The third kappa shape index (κ3) is 3.74. The molecule has 0 atom stereocenters. The molecule has 0 aliphatic carbocycles. The first-order valence-corrected chi connectivity index (χ1v) is 7.61. The van der Waals surface area contributed by atoms with Crippen molar-refractivity contribution < 1.29 is 4.39 Å². The molecule has 0 aliphatic rings. The van der Waals surface area contributed by atoms with Crippen LogP contribution in [0.4, 0.5) is 21.7 Å². The Labute approximate surface area is 126 Å². The predicted octanol–water partition coefficient (Wildman–Crippen LogP) is 4.17. The summed E-state index contributed by atoms with van der Waals surface area (Å²) in [6.45, 7) is 2.75. The zero-order valence-corrected chi connectivity index (χ0v) is 12.6. The van der Waals surface area contributed by atoms with E-state index in [1.54, 1.807) is 12.1 Å². The average molecular weight is 313 g/mol. The Kier molecular flexibility index (Phi) is 5.03. The molecule has 4 nitrogen and oxygen atoms in total. The van der Waals surface area contributed by atoms with Crippen molar-refractivity contribution in [1.82, 2.24) is 9.97 Å². The van der Waals surface area contributed by atoms with E-state index in [2.05, 4.69) is 20.6 Å². The van der Waals surface area contributed by atoms with Gasteiger partial charge in [-0.05, 0) is 31.4 Å². The quantitative estimate of drug-likeness (QED) is 0.641. The first-order valence-electron chi connectivity index (χ1n) is 6.01. The second-order valence-electron chi connectivity index (χ2n) is 3.91. The van der Waals surface area contributed by atoms with E-state index in [1.165, 1.54) is 23.9 Å². The molecule has 0 fully saturated rings. The molecule has 0 saturated carbocycles. The lowest BCUT2D eigenvalue weighted by Crippen LogP contribution is -2.03. The SMILES string of the molecule is CCNc1cc(Nc2ccc(Cl)c(F)c2)nc(SC)n1. The zero-order chi connectivity index (χ0) is 14.5. The van der Waals surface area contributed by atoms with Gasteiger partial charge in [0.1, 0.15) is 17.5 Å². The third-order valence-corrected chi connectivity index (χ3v) is 3.29. The van der Waals surface area contributed by atoms with E-state index < -0.39 is 5.82 Å². The Hall–Kier alpha value is -1.53. The van der Waals surface area contributed by atoms with Crippen molar-refractivity contribution in [3.8, 4) is 0 Å². The standard InChI is InChI=1S/C13H14ClFN4S/c1-3-16-11-7-12(19-13(18-11)20-2)17-8-4-5-9(14)10(15)6-8/h4-7H,3H2,1-2H3,(H2,16,17,18,19). The molecule has 1 aromatic heterocycles. The van der Waals surface area contributed by atoms with Crippen LogP contribution in [-0.4, -0.2) is 22.8 Å². The van der Waals surface area contributed by atoms with E-state index in [0.717, 1.165) is 12.4 Å². The number of hydrogen-bond donors (Lipinski definition) is 2. The van der Waals surface area contributed by atoms with Crippen LogP contribution in [0.25, 0.3) is 0 Å². The normalized spacial score (nSPS) is 10.4. The highest BCUT2D eigenvalue weighted by Gasteiger charge is 2.06. The van der Waals surface area contributed by atoms with Crippen molar-refractivity contribution in [2.45, 2.75) is 12.1 Å². The summed E-state index contributed by atoms with van der Waals surface area (Å²) in [6.07, 6.45) is 1.90. The van der Waals surface area contributed by atoms with Crippen molar-refractivity contribution in [3.63, 3.8) is 0 Å². The Morgan fingerprint density at radius 2 is 2.00 bits per heavy atom. The number of thioether (sulfide) groups is 1. The van der Waals surface area contributed by atoms with Gasteiger partial charge >= 0.3 is 0 Å². The van der Waals surface area contributed by atoms with Gasteiger partial charge in [-0.25, -0.2) is 14.4 Å². The molecule has 0 unspecified atom stereocenters. The molecular formula is C13H14ClFN4S. The first-order chi connectivity index (χ1) is 9.62. The summed E-state index contributed by atoms with van der Waals surface area (Å²) >= 11 is 7.10. The minimum Gasteiger partial charge on any atom is -0.370 e. The summed E-state index contributed by atoms with van der Waals surface area (Å²) in [5.41, 5.74) is 0.583. The Morgan fingerprint density at radius 1 is 1.25 bits per heavy atom. The Balaban J connectivity index is 2.27. The van der Waals surface area contributed by atoms with Gasteiger partial charge in [0.25, 0.3) is 0 Å². The average Bonchev–Trinajstić information content (AvgIpc) is 2.43. The maximum atomic E-state index is 13.4. The number of nitrogens with one attached hydrogen (secondary N) is 2. The fraction of sp³-hybridized carbons (Fsp3) is 0.231. The highest BCUT2D eigenvalue weighted by molar-refractivity contribution is 7.98. The molecule has 2 aromatic rings. The summed E-state index contributed by atoms with van der Waals surface area (Å²) in [4.78, 5) is 8.65. The monoisotopic (exact) mass is 312 g/mol. The molecule has 0 aliphatic heterocycles. The first kappa shape index (κ1) is 14.9. The molecule has 0 amide bonds. The molecule has 0 radical (unpaired) electrons. The maximum Gasteiger partial charge on any atom is 0.191 e. The lowest BCUT2D eigenvalue weighted by Gasteiger charge is -2.10. The van der Waals surface area contributed by atoms with E-state index in [4.69, 9.17) is 11.6 Å². The van der Waals surface area contributed by atoms with Crippen molar-refractivity contribution in [2.75, 3.05) is 23.4 Å². The maximum absolute atomic E-state index is 13.4. The largest absolute Gasteiger partial charge is 0.370 e. The van der Waals surface area contributed by atoms with Gasteiger partial charge in [-0.15, -0.1) is 0 Å². The van der Waals surface area contributed by atoms with E-state index in [-0.39, 0.29) is 5.02 Å². The van der Waals surface area contributed by atoms with Gasteiger partial charge in [0, 0.05) is 18.3 Å². The minimum atomic E-state index is -0.470. The number of nitrogens with zero attached hydrogens (tertiary/aromatic N) is 2. The summed E-state index contributed by atoms with van der Waals surface area (Å²) < 4.78 is 13.4. The van der Waals surface area contributed by atoms with Gasteiger partial charge in [0.15, 0.2) is 5.16 Å². The lowest BCUT2D eigenvalue weighted by atomic mass is 10.3. The zero-order valence-electron chi connectivity index (χ0n) is 11.1. The van der Waals surface area contributed by atoms with E-state index in [0.29, 0.717) is 16.7 Å². The Bertz CT molecular complexity index is 609. The number of benzene rings is 1. The fourth-order valence-electron chi connectivity index (χ4n) is 1.57. The van der Waals surface area contributed by atoms with Crippen LogP contribution in [0.3, 0.4) is 0 Å². The fourth-order valence-corrected chi connectivity index (χ4v) is 2.07. The van der Waals surface area contributed by atoms with Gasteiger partial charge in [-0.3, -0.25) is 0 Å². The third-order valence-electron chi connectivity index (χ3n) is 2.44. The smallest absolute Gasteiger partial charge is 0.191 e. The van der Waals surface area contributed by atoms with E-state index in [1.807, 2.05) is 13.2 Å². The molecule has 1 heterocycles. The molecule has 2 rings (SSSR count). The summed E-state index contributed by atoms with van der Waals surface area (Å²) in [7, 11) is 0. The Morgan fingerprint density at radius 3 is 2.65 bits per heavy atom. The molecular weight excluding hydrogens is 299 g/mol. The lowest BCUT2D eigenvalue weighted by molar-refractivity contribution is 0.629. The molecule has 0 spiro atoms. The van der Waals surface area contributed by atoms with Crippen molar-refractivity contribution in [2.24, 2.45) is 0 Å². The molecule has 7 heteroatoms. The molecule has 0 bridgehead atoms. The van der Waals surface area contributed by atoms with Crippen LogP contribution >= 0.6 is 23.4 Å². The highest BCUT2D eigenvalue weighted by atomic mass is 35.5. The summed E-state index contributed by atoms with van der Waals surface area (Å²) in [5.74, 6) is 0.855. The van der Waals surface area contributed by atoms with Crippen LogP contribution in [0.1, 0.15) is 6.92 Å². The van der Waals surface area contributed by atoms with Gasteiger partial charge in [0.2, 0.25) is 0 Å². The van der Waals surface area contributed by atoms with Crippen molar-refractivity contribution in [3.05, 3.63) is 35.1 Å². The van der Waals surface area contributed by atoms with Crippen LogP contribution in [0.5, 0.6) is 0 Å². The number of halogens is 2. The van der Waals surface area contributed by atoms with Gasteiger partial charge in [0.05, 0.1) is 5.02 Å². The summed E-state index contributed by atoms with van der Waals surface area (Å²) in [5, 5.41) is 6.90. The number of hydrogen-bond acceptors (Lipinski definition) is 5. The predicted molar refractivity (Wildman–Crippen MR) is 82.7 cm³/mol. The van der Waals surface area contributed by atoms with Crippen LogP contribution in [0.2, 0.25) is 5.02 Å². The van der Waals surface area contributed by atoms with Crippen LogP contribution in [0.15, 0.2) is 29.4 Å². The topological polar surface area (TPSA) is 49.8 Å². The second-order valence-corrected chi connectivity index (χ2v) is 5.09. The molecule has 0 saturated heterocycles. The second kappa shape index (κ2) is 6.76. The van der Waals surface area contributed by atoms with Crippen molar-refractivity contribution >= 4 is 40.7 Å². The van der Waals surface area contributed by atoms with E-state index in [9.17, 15) is 4.39 Å². The van der Waals surface area contributed by atoms with Gasteiger partial charge < -0.3 is 10.6 Å². The van der Waals surface area contributed by atoms with Crippen LogP contribution < -0.4 is 10.6 Å². The minimum absolute atomic E-state index is 0.0939. The van der Waals surface area contributed by atoms with Crippen LogP contribution in [-0.2, 0) is 0 Å². The number of aromatic nitrogens is 2. The van der Waals surface area contributed by atoms with Crippen molar-refractivity contribution in [1.29, 1.82) is 0 Å². The molecule has 20 heavy (non-hydrogen) atoms. The number of anilines is 3. The molecule has 106 valence electrons.